The molecule has 0 aromatic rings. The largest absolute Gasteiger partial charge is 0.389 e. The third kappa shape index (κ3) is 1.94. The maximum atomic E-state index is 11.9. The van der Waals surface area contributed by atoms with Gasteiger partial charge in [-0.2, -0.15) is 0 Å². The van der Waals surface area contributed by atoms with Crippen LogP contribution in [0.3, 0.4) is 0 Å². The van der Waals surface area contributed by atoms with Gasteiger partial charge >= 0.3 is 0 Å². The molecular weight excluding hydrogens is 300 g/mol. The van der Waals surface area contributed by atoms with E-state index in [0.717, 1.165) is 50.5 Å². The van der Waals surface area contributed by atoms with E-state index in [0.29, 0.717) is 24.2 Å². The van der Waals surface area contributed by atoms with Gasteiger partial charge in [-0.1, -0.05) is 20.8 Å². The highest BCUT2D eigenvalue weighted by molar-refractivity contribution is 5.91. The second-order valence-electron chi connectivity index (χ2n) is 9.49. The van der Waals surface area contributed by atoms with Crippen molar-refractivity contribution in [3.8, 4) is 0 Å². The van der Waals surface area contributed by atoms with Crippen LogP contribution in [0.5, 0.6) is 0 Å². The molecule has 0 radical (unpaired) electrons. The normalized spacial score (nSPS) is 53.9. The van der Waals surface area contributed by atoms with Crippen molar-refractivity contribution in [2.24, 2.45) is 28.6 Å². The summed E-state index contributed by atoms with van der Waals surface area (Å²) < 4.78 is 0. The van der Waals surface area contributed by atoms with Crippen LogP contribution in [-0.4, -0.2) is 27.7 Å². The lowest BCUT2D eigenvalue weighted by molar-refractivity contribution is -0.139. The Hall–Kier alpha value is -0.670. The Morgan fingerprint density at radius 1 is 1.17 bits per heavy atom. The van der Waals surface area contributed by atoms with Crippen LogP contribution >= 0.6 is 0 Å². The van der Waals surface area contributed by atoms with Gasteiger partial charge in [-0.05, 0) is 85.2 Å². The number of ketones is 1. The molecule has 134 valence electrons. The van der Waals surface area contributed by atoms with Crippen LogP contribution in [0, 0.1) is 28.6 Å². The number of aliphatic hydroxyl groups excluding tert-OH is 1. The maximum Gasteiger partial charge on any atom is 0.155 e. The molecule has 3 fully saturated rings. The molecule has 0 aliphatic heterocycles. The summed E-state index contributed by atoms with van der Waals surface area (Å²) in [4.78, 5) is 11.9. The fourth-order valence-electron chi connectivity index (χ4n) is 7.30. The fourth-order valence-corrected chi connectivity index (χ4v) is 7.30. The van der Waals surface area contributed by atoms with E-state index < -0.39 is 11.7 Å². The lowest BCUT2D eigenvalue weighted by Crippen LogP contribution is -2.56. The molecule has 0 bridgehead atoms. The van der Waals surface area contributed by atoms with Crippen molar-refractivity contribution in [1.29, 1.82) is 0 Å². The number of fused-ring (bicyclic) bond motifs is 5. The predicted octanol–water partition coefficient (Wildman–Crippen LogP) is 3.63. The molecule has 3 saturated carbocycles. The molecule has 3 nitrogen and oxygen atoms in total. The minimum atomic E-state index is -0.535. The van der Waals surface area contributed by atoms with E-state index >= 15 is 0 Å². The van der Waals surface area contributed by atoms with Gasteiger partial charge in [0, 0.05) is 6.42 Å². The zero-order valence-corrected chi connectivity index (χ0v) is 15.3. The third-order valence-corrected chi connectivity index (χ3v) is 8.88. The highest BCUT2D eigenvalue weighted by atomic mass is 16.3. The number of hydrogen-bond acceptors (Lipinski definition) is 3. The van der Waals surface area contributed by atoms with Crippen LogP contribution in [0.15, 0.2) is 11.6 Å². The zero-order chi connectivity index (χ0) is 17.3. The number of carbonyl (C=O) groups excluding carboxylic acids is 1. The second-order valence-corrected chi connectivity index (χ2v) is 9.49. The summed E-state index contributed by atoms with van der Waals surface area (Å²) in [6, 6.07) is 0. The van der Waals surface area contributed by atoms with E-state index in [2.05, 4.69) is 20.8 Å². The SMILES string of the molecule is CC[C@]1(O)CC[C@H]2[C@@H]3C[C@H](O)C4=CC(=O)CC[C@]4(C)[C@H]3CC[C@@]21C. The maximum absolute atomic E-state index is 11.9. The Balaban J connectivity index is 1.72. The van der Waals surface area contributed by atoms with E-state index in [4.69, 9.17) is 0 Å². The highest BCUT2D eigenvalue weighted by Crippen LogP contribution is 2.67. The molecule has 0 aromatic heterocycles. The first-order chi connectivity index (χ1) is 11.2. The summed E-state index contributed by atoms with van der Waals surface area (Å²) in [6.45, 7) is 6.70. The quantitative estimate of drug-likeness (QED) is 0.771. The zero-order valence-electron chi connectivity index (χ0n) is 15.3. The average molecular weight is 332 g/mol. The Kier molecular flexibility index (Phi) is 3.61. The van der Waals surface area contributed by atoms with Crippen molar-refractivity contribution >= 4 is 5.78 Å². The van der Waals surface area contributed by atoms with Gasteiger partial charge in [-0.3, -0.25) is 4.79 Å². The smallest absolute Gasteiger partial charge is 0.155 e. The number of carbonyl (C=O) groups is 1. The Morgan fingerprint density at radius 2 is 1.88 bits per heavy atom. The van der Waals surface area contributed by atoms with E-state index in [1.54, 1.807) is 6.08 Å². The molecule has 0 unspecified atom stereocenters. The van der Waals surface area contributed by atoms with Crippen LogP contribution in [0.2, 0.25) is 0 Å². The first kappa shape index (κ1) is 16.8. The van der Waals surface area contributed by atoms with Crippen molar-refractivity contribution in [3.05, 3.63) is 11.6 Å². The van der Waals surface area contributed by atoms with E-state index in [1.165, 1.54) is 0 Å². The summed E-state index contributed by atoms with van der Waals surface area (Å²) in [5, 5.41) is 22.1. The molecule has 0 amide bonds. The molecule has 4 aliphatic rings. The van der Waals surface area contributed by atoms with Crippen molar-refractivity contribution in [3.63, 3.8) is 0 Å². The summed E-state index contributed by atoms with van der Waals surface area (Å²) in [5.74, 6) is 1.72. The van der Waals surface area contributed by atoms with Crippen molar-refractivity contribution in [2.45, 2.75) is 83.8 Å². The number of rotatable bonds is 1. The predicted molar refractivity (Wildman–Crippen MR) is 93.3 cm³/mol. The summed E-state index contributed by atoms with van der Waals surface area (Å²) in [6.07, 6.45) is 8.59. The molecule has 7 atom stereocenters. The number of hydrogen-bond donors (Lipinski definition) is 2. The molecule has 2 N–H and O–H groups in total. The van der Waals surface area contributed by atoms with Crippen LogP contribution in [0.25, 0.3) is 0 Å². The average Bonchev–Trinajstić information content (AvgIpc) is 2.82. The molecular formula is C21H32O3. The van der Waals surface area contributed by atoms with Crippen LogP contribution in [0.4, 0.5) is 0 Å². The standard InChI is InChI=1S/C21H32O3/c1-4-21(24)10-7-16-14-12-18(23)17-11-13(22)5-8-19(17,2)15(14)6-9-20(16,21)3/h11,14-16,18,23-24H,4-10,12H2,1-3H3/t14-,15+,16+,18+,19-,20+,21+/m1/s1. The minimum Gasteiger partial charge on any atom is -0.389 e. The summed E-state index contributed by atoms with van der Waals surface area (Å²) >= 11 is 0. The number of aliphatic hydroxyl groups is 2. The van der Waals surface area contributed by atoms with Crippen LogP contribution < -0.4 is 0 Å². The van der Waals surface area contributed by atoms with Gasteiger partial charge in [-0.15, -0.1) is 0 Å². The van der Waals surface area contributed by atoms with E-state index in [9.17, 15) is 15.0 Å². The highest BCUT2D eigenvalue weighted by Gasteiger charge is 2.64. The lowest BCUT2D eigenvalue weighted by Gasteiger charge is -2.60. The van der Waals surface area contributed by atoms with Gasteiger partial charge in [0.1, 0.15) is 0 Å². The van der Waals surface area contributed by atoms with Gasteiger partial charge in [0.25, 0.3) is 0 Å². The Morgan fingerprint density at radius 3 is 2.58 bits per heavy atom. The third-order valence-electron chi connectivity index (χ3n) is 8.88. The summed E-state index contributed by atoms with van der Waals surface area (Å²) in [7, 11) is 0. The lowest BCUT2D eigenvalue weighted by atomic mass is 9.46. The molecule has 4 rings (SSSR count). The molecule has 0 aromatic carbocycles. The fraction of sp³-hybridized carbons (Fsp3) is 0.857. The van der Waals surface area contributed by atoms with Gasteiger partial charge in [-0.25, -0.2) is 0 Å². The van der Waals surface area contributed by atoms with E-state index in [-0.39, 0.29) is 16.6 Å². The van der Waals surface area contributed by atoms with Gasteiger partial charge in [0.2, 0.25) is 0 Å². The van der Waals surface area contributed by atoms with Crippen molar-refractivity contribution in [1.82, 2.24) is 0 Å². The topological polar surface area (TPSA) is 57.5 Å². The monoisotopic (exact) mass is 332 g/mol. The van der Waals surface area contributed by atoms with Gasteiger partial charge in [0.15, 0.2) is 5.78 Å². The summed E-state index contributed by atoms with van der Waals surface area (Å²) in [5.41, 5.74) is 0.440. The first-order valence-electron chi connectivity index (χ1n) is 9.90. The molecule has 24 heavy (non-hydrogen) atoms. The van der Waals surface area contributed by atoms with Gasteiger partial charge < -0.3 is 10.2 Å². The van der Waals surface area contributed by atoms with Crippen LogP contribution in [0.1, 0.15) is 72.1 Å². The Bertz CT molecular complexity index is 596. The van der Waals surface area contributed by atoms with Crippen molar-refractivity contribution < 1.29 is 15.0 Å². The Labute approximate surface area is 145 Å². The van der Waals surface area contributed by atoms with Gasteiger partial charge in [0.05, 0.1) is 11.7 Å². The second kappa shape index (κ2) is 5.17. The molecule has 4 aliphatic carbocycles. The van der Waals surface area contributed by atoms with E-state index in [1.807, 2.05) is 0 Å². The first-order valence-corrected chi connectivity index (χ1v) is 9.90. The molecule has 0 saturated heterocycles. The molecule has 3 heteroatoms. The molecule has 0 heterocycles. The minimum absolute atomic E-state index is 0.00923. The van der Waals surface area contributed by atoms with Crippen LogP contribution in [-0.2, 0) is 4.79 Å². The van der Waals surface area contributed by atoms with Crippen molar-refractivity contribution in [2.75, 3.05) is 0 Å². The molecule has 0 spiro atoms.